The van der Waals surface area contributed by atoms with E-state index >= 15 is 0 Å². The van der Waals surface area contributed by atoms with Crippen molar-refractivity contribution in [1.29, 1.82) is 0 Å². The standard InChI is InChI=1S/C36H50O5Si/c1-36(2,3)42(29-16-7-5-8-17-29,30-18-9-6-10-19-30)40-26-32-31-24-27(15-11-12-20-34(37)38-4)23-28(31)25-33(32)41-35-21-13-14-22-39-35/h5-10,15-19,28,31-33,35H,11-14,20-26H2,1-4H3/b27-15-/t28-,31-,32+,33+,35?/m0/s1. The Bertz CT molecular complexity index is 1130. The molecule has 1 saturated heterocycles. The minimum atomic E-state index is -2.65. The van der Waals surface area contributed by atoms with Crippen LogP contribution >= 0.6 is 0 Å². The molecule has 0 spiro atoms. The van der Waals surface area contributed by atoms with Crippen LogP contribution in [0.4, 0.5) is 0 Å². The van der Waals surface area contributed by atoms with E-state index in [1.807, 2.05) is 0 Å². The fourth-order valence-electron chi connectivity index (χ4n) is 7.75. The van der Waals surface area contributed by atoms with E-state index in [-0.39, 0.29) is 23.4 Å². The van der Waals surface area contributed by atoms with Crippen molar-refractivity contribution in [2.24, 2.45) is 17.8 Å². The Kier molecular flexibility index (Phi) is 10.4. The Morgan fingerprint density at radius 1 is 1.00 bits per heavy atom. The number of allylic oxidation sites excluding steroid dienone is 2. The van der Waals surface area contributed by atoms with Gasteiger partial charge in [-0.05, 0) is 78.6 Å². The molecule has 1 heterocycles. The largest absolute Gasteiger partial charge is 0.469 e. The number of benzene rings is 2. The molecule has 2 aromatic rings. The van der Waals surface area contributed by atoms with Crippen LogP contribution in [0.5, 0.6) is 0 Å². The van der Waals surface area contributed by atoms with Crippen molar-refractivity contribution < 1.29 is 23.4 Å². The topological polar surface area (TPSA) is 54.0 Å². The van der Waals surface area contributed by atoms with Gasteiger partial charge in [-0.1, -0.05) is 93.1 Å². The van der Waals surface area contributed by atoms with E-state index in [2.05, 4.69) is 87.5 Å². The van der Waals surface area contributed by atoms with Crippen LogP contribution in [0.2, 0.25) is 5.04 Å². The first-order valence-corrected chi connectivity index (χ1v) is 18.0. The number of fused-ring (bicyclic) bond motifs is 1. The molecule has 228 valence electrons. The highest BCUT2D eigenvalue weighted by atomic mass is 28.4. The van der Waals surface area contributed by atoms with Crippen LogP contribution in [-0.2, 0) is 23.4 Å². The molecule has 0 amide bonds. The summed E-state index contributed by atoms with van der Waals surface area (Å²) in [5.41, 5.74) is 1.54. The quantitative estimate of drug-likeness (QED) is 0.125. The number of carbonyl (C=O) groups is 1. The lowest BCUT2D eigenvalue weighted by Crippen LogP contribution is -2.67. The molecule has 1 unspecified atom stereocenters. The van der Waals surface area contributed by atoms with Gasteiger partial charge in [0.25, 0.3) is 8.32 Å². The Morgan fingerprint density at radius 3 is 2.29 bits per heavy atom. The van der Waals surface area contributed by atoms with Crippen LogP contribution in [0.1, 0.15) is 78.6 Å². The smallest absolute Gasteiger partial charge is 0.305 e. The van der Waals surface area contributed by atoms with Gasteiger partial charge in [0.05, 0.1) is 13.2 Å². The summed E-state index contributed by atoms with van der Waals surface area (Å²) in [6.45, 7) is 8.55. The molecule has 1 aliphatic heterocycles. The molecule has 2 aliphatic carbocycles. The second-order valence-corrected chi connectivity index (χ2v) is 17.8. The molecular weight excluding hydrogens is 540 g/mol. The maximum atomic E-state index is 11.6. The van der Waals surface area contributed by atoms with E-state index in [9.17, 15) is 4.79 Å². The Morgan fingerprint density at radius 2 is 1.69 bits per heavy atom. The number of hydrogen-bond donors (Lipinski definition) is 0. The van der Waals surface area contributed by atoms with E-state index in [4.69, 9.17) is 18.6 Å². The zero-order chi connectivity index (χ0) is 29.6. The Labute approximate surface area is 254 Å². The average molecular weight is 591 g/mol. The van der Waals surface area contributed by atoms with Crippen molar-refractivity contribution in [3.05, 3.63) is 72.3 Å². The molecule has 5 nitrogen and oxygen atoms in total. The molecule has 6 heteroatoms. The van der Waals surface area contributed by atoms with E-state index in [0.717, 1.165) is 51.6 Å². The minimum absolute atomic E-state index is 0.0586. The number of carbonyl (C=O) groups excluding carboxylic acids is 1. The maximum absolute atomic E-state index is 11.6. The molecule has 42 heavy (non-hydrogen) atoms. The lowest BCUT2D eigenvalue weighted by molar-refractivity contribution is -0.197. The second-order valence-electron chi connectivity index (χ2n) is 13.5. The van der Waals surface area contributed by atoms with E-state index < -0.39 is 8.32 Å². The SMILES string of the molecule is COC(=O)CCC/C=C1/C[C@H]2C[C@@H](OC3CCCCO3)[C@H](CO[Si](c3ccccc3)(c3ccccc3)C(C)(C)C)[C@H]2C1. The minimum Gasteiger partial charge on any atom is -0.469 e. The molecule has 0 aromatic heterocycles. The van der Waals surface area contributed by atoms with Gasteiger partial charge in [0.2, 0.25) is 0 Å². The normalized spacial score (nSPS) is 27.2. The number of rotatable bonds is 11. The molecule has 0 bridgehead atoms. The van der Waals surface area contributed by atoms with Crippen LogP contribution in [0.15, 0.2) is 72.3 Å². The van der Waals surface area contributed by atoms with Gasteiger partial charge < -0.3 is 18.6 Å². The van der Waals surface area contributed by atoms with Gasteiger partial charge in [0.1, 0.15) is 0 Å². The number of ether oxygens (including phenoxy) is 3. The number of hydrogen-bond acceptors (Lipinski definition) is 5. The van der Waals surface area contributed by atoms with Gasteiger partial charge in [0, 0.05) is 25.6 Å². The van der Waals surface area contributed by atoms with Crippen LogP contribution in [0, 0.1) is 17.8 Å². The molecule has 0 N–H and O–H groups in total. The summed E-state index contributed by atoms with van der Waals surface area (Å²) < 4.78 is 25.2. The molecule has 2 aromatic carbocycles. The summed E-state index contributed by atoms with van der Waals surface area (Å²) in [5, 5.41) is 2.59. The van der Waals surface area contributed by atoms with Crippen molar-refractivity contribution in [2.45, 2.75) is 96.0 Å². The zero-order valence-electron chi connectivity index (χ0n) is 26.1. The molecular formula is C36H50O5Si. The van der Waals surface area contributed by atoms with Gasteiger partial charge >= 0.3 is 5.97 Å². The van der Waals surface area contributed by atoms with Crippen molar-refractivity contribution in [1.82, 2.24) is 0 Å². The molecule has 5 rings (SSSR count). The van der Waals surface area contributed by atoms with Crippen molar-refractivity contribution in [3.8, 4) is 0 Å². The van der Waals surface area contributed by atoms with Gasteiger partial charge in [-0.15, -0.1) is 0 Å². The highest BCUT2D eigenvalue weighted by Gasteiger charge is 2.53. The van der Waals surface area contributed by atoms with E-state index in [1.54, 1.807) is 0 Å². The van der Waals surface area contributed by atoms with Crippen LogP contribution < -0.4 is 10.4 Å². The lowest BCUT2D eigenvalue weighted by Gasteiger charge is -2.44. The molecule has 5 atom stereocenters. The monoisotopic (exact) mass is 590 g/mol. The van der Waals surface area contributed by atoms with Crippen molar-refractivity contribution in [2.75, 3.05) is 20.3 Å². The summed E-state index contributed by atoms with van der Waals surface area (Å²) in [6.07, 6.45) is 11.3. The molecule has 3 aliphatic rings. The van der Waals surface area contributed by atoms with Crippen molar-refractivity contribution >= 4 is 24.7 Å². The number of unbranched alkanes of at least 4 members (excludes halogenated alkanes) is 1. The van der Waals surface area contributed by atoms with E-state index in [0.29, 0.717) is 30.8 Å². The van der Waals surface area contributed by atoms with Crippen molar-refractivity contribution in [3.63, 3.8) is 0 Å². The predicted octanol–water partition coefficient (Wildman–Crippen LogP) is 6.79. The second kappa shape index (κ2) is 14.0. The van der Waals surface area contributed by atoms with Gasteiger partial charge in [0.15, 0.2) is 6.29 Å². The zero-order valence-corrected chi connectivity index (χ0v) is 27.1. The fraction of sp³-hybridized carbons (Fsp3) is 0.583. The van der Waals surface area contributed by atoms with Crippen LogP contribution in [0.25, 0.3) is 0 Å². The summed E-state index contributed by atoms with van der Waals surface area (Å²) in [5.74, 6) is 1.35. The summed E-state index contributed by atoms with van der Waals surface area (Å²) in [7, 11) is -1.18. The Balaban J connectivity index is 1.40. The molecule has 2 saturated carbocycles. The molecule has 0 radical (unpaired) electrons. The lowest BCUT2D eigenvalue weighted by atomic mass is 9.92. The first-order chi connectivity index (χ1) is 20.3. The summed E-state index contributed by atoms with van der Waals surface area (Å²) in [4.78, 5) is 11.6. The average Bonchev–Trinajstić information content (AvgIpc) is 3.53. The van der Waals surface area contributed by atoms with Gasteiger partial charge in [-0.25, -0.2) is 0 Å². The third-order valence-electron chi connectivity index (χ3n) is 9.81. The summed E-state index contributed by atoms with van der Waals surface area (Å²) in [6, 6.07) is 21.9. The van der Waals surface area contributed by atoms with Crippen LogP contribution in [0.3, 0.4) is 0 Å². The van der Waals surface area contributed by atoms with Crippen LogP contribution in [-0.4, -0.2) is 47.0 Å². The summed E-state index contributed by atoms with van der Waals surface area (Å²) >= 11 is 0. The van der Waals surface area contributed by atoms with E-state index in [1.165, 1.54) is 29.5 Å². The maximum Gasteiger partial charge on any atom is 0.305 e. The first kappa shape index (κ1) is 31.2. The number of methoxy groups -OCH3 is 1. The third-order valence-corrected chi connectivity index (χ3v) is 14.8. The Hall–Kier alpha value is -2.25. The number of esters is 1. The third kappa shape index (κ3) is 6.93. The van der Waals surface area contributed by atoms with Gasteiger partial charge in [-0.2, -0.15) is 0 Å². The first-order valence-electron chi connectivity index (χ1n) is 16.1. The van der Waals surface area contributed by atoms with Gasteiger partial charge in [-0.3, -0.25) is 4.79 Å². The highest BCUT2D eigenvalue weighted by molar-refractivity contribution is 6.99. The highest BCUT2D eigenvalue weighted by Crippen LogP contribution is 2.52. The fourth-order valence-corrected chi connectivity index (χ4v) is 12.4. The predicted molar refractivity (Wildman–Crippen MR) is 170 cm³/mol. The molecule has 3 fully saturated rings.